The molecular weight excluding hydrogens is 479 g/mol. The lowest BCUT2D eigenvalue weighted by molar-refractivity contribution is -0.158. The van der Waals surface area contributed by atoms with Gasteiger partial charge in [0.2, 0.25) is 5.41 Å². The molecule has 38 heavy (non-hydrogen) atoms. The van der Waals surface area contributed by atoms with Gasteiger partial charge < -0.3 is 9.47 Å². The fourth-order valence-electron chi connectivity index (χ4n) is 5.90. The first-order valence-corrected chi connectivity index (χ1v) is 12.2. The van der Waals surface area contributed by atoms with E-state index in [0.717, 1.165) is 22.3 Å². The van der Waals surface area contributed by atoms with Crippen LogP contribution in [0.2, 0.25) is 0 Å². The average Bonchev–Trinajstić information content (AvgIpc) is 3.30. The minimum Gasteiger partial charge on any atom is -0.468 e. The van der Waals surface area contributed by atoms with Crippen LogP contribution in [0.25, 0.3) is 22.3 Å². The molecule has 2 aliphatic carbocycles. The molecule has 0 aromatic heterocycles. The molecule has 0 unspecified atom stereocenters. The zero-order valence-corrected chi connectivity index (χ0v) is 20.8. The van der Waals surface area contributed by atoms with Crippen molar-refractivity contribution in [2.75, 3.05) is 14.2 Å². The van der Waals surface area contributed by atoms with Gasteiger partial charge >= 0.3 is 11.9 Å². The average molecular weight is 503 g/mol. The molecule has 0 radical (unpaired) electrons. The highest BCUT2D eigenvalue weighted by atomic mass is 19.1. The Balaban J connectivity index is 1.91. The lowest BCUT2D eigenvalue weighted by Crippen LogP contribution is -2.48. The van der Waals surface area contributed by atoms with Crippen LogP contribution in [0.5, 0.6) is 0 Å². The van der Waals surface area contributed by atoms with E-state index in [-0.39, 0.29) is 5.82 Å². The second kappa shape index (κ2) is 8.96. The molecule has 0 N–H and O–H groups in total. The topological polar surface area (TPSA) is 52.6 Å². The molecular formula is C33H23FO4. The maximum Gasteiger partial charge on any atom is 0.332 e. The molecule has 0 spiro atoms. The van der Waals surface area contributed by atoms with E-state index in [0.29, 0.717) is 33.4 Å². The van der Waals surface area contributed by atoms with E-state index in [1.165, 1.54) is 26.4 Å². The van der Waals surface area contributed by atoms with Crippen molar-refractivity contribution in [2.24, 2.45) is 0 Å². The van der Waals surface area contributed by atoms with Crippen LogP contribution in [0, 0.1) is 5.82 Å². The fraction of sp³-hybridized carbons (Fsp3) is 0.0909. The van der Waals surface area contributed by atoms with Crippen LogP contribution in [0.1, 0.15) is 33.4 Å². The molecule has 0 bridgehead atoms. The van der Waals surface area contributed by atoms with Crippen molar-refractivity contribution >= 4 is 34.2 Å². The maximum atomic E-state index is 14.8. The number of benzene rings is 4. The van der Waals surface area contributed by atoms with Crippen molar-refractivity contribution in [1.82, 2.24) is 0 Å². The highest BCUT2D eigenvalue weighted by molar-refractivity contribution is 6.37. The number of rotatable bonds is 4. The van der Waals surface area contributed by atoms with Gasteiger partial charge in [-0.3, -0.25) is 9.59 Å². The van der Waals surface area contributed by atoms with Crippen LogP contribution in [-0.4, -0.2) is 26.2 Å². The summed E-state index contributed by atoms with van der Waals surface area (Å²) in [6, 6.07) is 31.0. The van der Waals surface area contributed by atoms with Gasteiger partial charge in [-0.05, 0) is 62.2 Å². The largest absolute Gasteiger partial charge is 0.468 e. The number of carbonyl (C=O) groups excluding carboxylic acids is 2. The molecule has 0 fully saturated rings. The Hall–Kier alpha value is -4.77. The minimum atomic E-state index is -1.90. The second-order valence-corrected chi connectivity index (χ2v) is 9.20. The van der Waals surface area contributed by atoms with Crippen molar-refractivity contribution in [1.29, 1.82) is 0 Å². The number of hydrogen-bond donors (Lipinski definition) is 0. The Morgan fingerprint density at radius 2 is 1.18 bits per heavy atom. The number of esters is 2. The molecule has 0 aliphatic heterocycles. The molecule has 4 nitrogen and oxygen atoms in total. The Labute approximate surface area is 219 Å². The predicted octanol–water partition coefficient (Wildman–Crippen LogP) is 6.31. The molecule has 0 atom stereocenters. The van der Waals surface area contributed by atoms with E-state index < -0.39 is 17.4 Å². The lowest BCUT2D eigenvalue weighted by atomic mass is 9.62. The van der Waals surface area contributed by atoms with Crippen molar-refractivity contribution in [3.63, 3.8) is 0 Å². The summed E-state index contributed by atoms with van der Waals surface area (Å²) < 4.78 is 25.5. The van der Waals surface area contributed by atoms with Gasteiger partial charge in [0.25, 0.3) is 0 Å². The van der Waals surface area contributed by atoms with Crippen LogP contribution >= 0.6 is 0 Å². The third-order valence-corrected chi connectivity index (χ3v) is 7.35. The standard InChI is InChI=1S/C33H23FO4/c1-37-31(35)33(32(36)38-2)26-16-10-9-15-24(26)28-27(20-11-5-3-6-12-20)25-19-22(34)17-18-23(25)29(28)30(33)21-13-7-4-8-14-21/h3-19H,1-2H3. The number of methoxy groups -OCH3 is 2. The first-order valence-electron chi connectivity index (χ1n) is 12.2. The van der Waals surface area contributed by atoms with Crippen LogP contribution in [0.4, 0.5) is 4.39 Å². The van der Waals surface area contributed by atoms with Gasteiger partial charge in [0, 0.05) is 5.57 Å². The van der Waals surface area contributed by atoms with Crippen LogP contribution in [0.3, 0.4) is 0 Å². The first kappa shape index (κ1) is 23.6. The number of allylic oxidation sites excluding steroid dienone is 2. The van der Waals surface area contributed by atoms with Crippen LogP contribution in [0.15, 0.2) is 103 Å². The highest BCUT2D eigenvalue weighted by Gasteiger charge is 2.59. The molecule has 4 aromatic carbocycles. The third-order valence-electron chi connectivity index (χ3n) is 7.35. The third kappa shape index (κ3) is 3.15. The Bertz CT molecular complexity index is 1650. The van der Waals surface area contributed by atoms with Gasteiger partial charge in [0.1, 0.15) is 5.82 Å². The number of halogens is 1. The summed E-state index contributed by atoms with van der Waals surface area (Å²) in [4.78, 5) is 27.8. The van der Waals surface area contributed by atoms with Gasteiger partial charge in [-0.2, -0.15) is 0 Å². The SMILES string of the molecule is COC(=O)C1(C(=O)OC)C(c2ccccc2)=C2C(=C(c3ccccc3)c3cc(F)ccc32)c2ccccc21. The van der Waals surface area contributed by atoms with Crippen molar-refractivity contribution in [3.05, 3.63) is 142 Å². The molecule has 0 saturated heterocycles. The van der Waals surface area contributed by atoms with E-state index in [9.17, 15) is 14.0 Å². The number of fused-ring (bicyclic) bond motifs is 5. The van der Waals surface area contributed by atoms with Gasteiger partial charge in [0.05, 0.1) is 14.2 Å². The molecule has 6 rings (SSSR count). The fourth-order valence-corrected chi connectivity index (χ4v) is 5.90. The van der Waals surface area contributed by atoms with Gasteiger partial charge in [-0.15, -0.1) is 0 Å². The van der Waals surface area contributed by atoms with E-state index in [1.807, 2.05) is 72.8 Å². The summed E-state index contributed by atoms with van der Waals surface area (Å²) in [7, 11) is 2.53. The molecule has 0 heterocycles. The summed E-state index contributed by atoms with van der Waals surface area (Å²) >= 11 is 0. The molecule has 0 amide bonds. The summed E-state index contributed by atoms with van der Waals surface area (Å²) in [5.74, 6) is -1.88. The number of hydrogen-bond acceptors (Lipinski definition) is 4. The summed E-state index contributed by atoms with van der Waals surface area (Å²) in [5, 5.41) is 0. The number of carbonyl (C=O) groups is 2. The number of ether oxygens (including phenoxy) is 2. The predicted molar refractivity (Wildman–Crippen MR) is 144 cm³/mol. The van der Waals surface area contributed by atoms with Gasteiger partial charge in [-0.1, -0.05) is 91.0 Å². The monoisotopic (exact) mass is 502 g/mol. The highest BCUT2D eigenvalue weighted by Crippen LogP contribution is 2.61. The Morgan fingerprint density at radius 3 is 1.82 bits per heavy atom. The lowest BCUT2D eigenvalue weighted by Gasteiger charge is -2.38. The zero-order chi connectivity index (χ0) is 26.4. The van der Waals surface area contributed by atoms with Gasteiger partial charge in [-0.25, -0.2) is 4.39 Å². The van der Waals surface area contributed by atoms with Crippen LogP contribution in [-0.2, 0) is 24.5 Å². The minimum absolute atomic E-state index is 0.376. The van der Waals surface area contributed by atoms with Crippen molar-refractivity contribution in [3.8, 4) is 0 Å². The zero-order valence-electron chi connectivity index (χ0n) is 20.8. The van der Waals surface area contributed by atoms with E-state index in [1.54, 1.807) is 18.2 Å². The normalized spacial score (nSPS) is 14.9. The van der Waals surface area contributed by atoms with Crippen LogP contribution < -0.4 is 0 Å². The summed E-state index contributed by atoms with van der Waals surface area (Å²) in [6.45, 7) is 0. The molecule has 186 valence electrons. The second-order valence-electron chi connectivity index (χ2n) is 9.20. The molecule has 2 aliphatic rings. The van der Waals surface area contributed by atoms with E-state index >= 15 is 0 Å². The summed E-state index contributed by atoms with van der Waals surface area (Å²) in [5.41, 5.74) is 5.01. The van der Waals surface area contributed by atoms with E-state index in [2.05, 4.69) is 0 Å². The first-order chi connectivity index (χ1) is 18.5. The quantitative estimate of drug-likeness (QED) is 0.243. The summed E-state index contributed by atoms with van der Waals surface area (Å²) in [6.07, 6.45) is 0. The maximum absolute atomic E-state index is 14.8. The van der Waals surface area contributed by atoms with Gasteiger partial charge in [0.15, 0.2) is 0 Å². The van der Waals surface area contributed by atoms with Crippen molar-refractivity contribution in [2.45, 2.75) is 5.41 Å². The Kier molecular flexibility index (Phi) is 5.57. The molecule has 5 heteroatoms. The van der Waals surface area contributed by atoms with E-state index in [4.69, 9.17) is 9.47 Å². The van der Waals surface area contributed by atoms with Crippen molar-refractivity contribution < 1.29 is 23.5 Å². The smallest absolute Gasteiger partial charge is 0.332 e. The molecule has 0 saturated carbocycles. The molecule has 4 aromatic rings. The Morgan fingerprint density at radius 1 is 0.605 bits per heavy atom.